The molecule has 0 atom stereocenters. The molecule has 2 aromatic carbocycles. The molecule has 0 aliphatic carbocycles. The molecular formula is C16H12Cl2FNO. The second-order valence-electron chi connectivity index (χ2n) is 4.32. The van der Waals surface area contributed by atoms with Gasteiger partial charge in [0.05, 0.1) is 10.0 Å². The van der Waals surface area contributed by atoms with Crippen molar-refractivity contribution in [2.45, 2.75) is 6.54 Å². The lowest BCUT2D eigenvalue weighted by Gasteiger charge is -2.03. The Hall–Kier alpha value is -1.84. The van der Waals surface area contributed by atoms with E-state index in [1.807, 2.05) is 0 Å². The summed E-state index contributed by atoms with van der Waals surface area (Å²) in [6.45, 7) is 0.326. The number of amides is 1. The maximum atomic E-state index is 12.7. The van der Waals surface area contributed by atoms with Crippen LogP contribution in [-0.2, 0) is 11.3 Å². The number of benzene rings is 2. The van der Waals surface area contributed by atoms with Crippen molar-refractivity contribution in [1.82, 2.24) is 5.32 Å². The first-order valence-electron chi connectivity index (χ1n) is 6.20. The van der Waals surface area contributed by atoms with Crippen LogP contribution < -0.4 is 5.32 Å². The predicted octanol–water partition coefficient (Wildman–Crippen LogP) is 4.46. The van der Waals surface area contributed by atoms with Gasteiger partial charge in [-0.05, 0) is 35.4 Å². The van der Waals surface area contributed by atoms with Crippen LogP contribution in [0.4, 0.5) is 4.39 Å². The van der Waals surface area contributed by atoms with Gasteiger partial charge in [-0.25, -0.2) is 4.39 Å². The second kappa shape index (κ2) is 7.25. The Balaban J connectivity index is 1.94. The minimum absolute atomic E-state index is 0.268. The molecule has 1 N–H and O–H groups in total. The normalized spacial score (nSPS) is 10.8. The maximum Gasteiger partial charge on any atom is 0.244 e. The molecule has 108 valence electrons. The summed E-state index contributed by atoms with van der Waals surface area (Å²) >= 11 is 11.9. The Morgan fingerprint density at radius 1 is 1.14 bits per heavy atom. The van der Waals surface area contributed by atoms with Gasteiger partial charge in [0.25, 0.3) is 0 Å². The summed E-state index contributed by atoms with van der Waals surface area (Å²) in [6, 6.07) is 11.1. The molecule has 21 heavy (non-hydrogen) atoms. The average molecular weight is 324 g/mol. The minimum atomic E-state index is -0.305. The van der Waals surface area contributed by atoms with E-state index in [2.05, 4.69) is 5.32 Å². The van der Waals surface area contributed by atoms with E-state index in [0.29, 0.717) is 22.2 Å². The molecule has 0 aromatic heterocycles. The smallest absolute Gasteiger partial charge is 0.244 e. The number of carbonyl (C=O) groups is 1. The molecule has 0 spiro atoms. The lowest BCUT2D eigenvalue weighted by atomic mass is 10.2. The van der Waals surface area contributed by atoms with E-state index in [0.717, 1.165) is 5.56 Å². The van der Waals surface area contributed by atoms with Gasteiger partial charge in [-0.15, -0.1) is 0 Å². The minimum Gasteiger partial charge on any atom is -0.348 e. The van der Waals surface area contributed by atoms with Crippen LogP contribution in [0.25, 0.3) is 6.08 Å². The topological polar surface area (TPSA) is 29.1 Å². The number of hydrogen-bond donors (Lipinski definition) is 1. The molecule has 0 saturated carbocycles. The van der Waals surface area contributed by atoms with Crippen molar-refractivity contribution < 1.29 is 9.18 Å². The van der Waals surface area contributed by atoms with Crippen LogP contribution in [-0.4, -0.2) is 5.91 Å². The summed E-state index contributed by atoms with van der Waals surface area (Å²) in [5.41, 5.74) is 1.49. The summed E-state index contributed by atoms with van der Waals surface area (Å²) in [4.78, 5) is 11.7. The van der Waals surface area contributed by atoms with Crippen molar-refractivity contribution in [1.29, 1.82) is 0 Å². The number of halogens is 3. The lowest BCUT2D eigenvalue weighted by molar-refractivity contribution is -0.116. The van der Waals surface area contributed by atoms with Crippen LogP contribution in [0, 0.1) is 5.82 Å². The average Bonchev–Trinajstić information content (AvgIpc) is 2.48. The predicted molar refractivity (Wildman–Crippen MR) is 83.7 cm³/mol. The summed E-state index contributed by atoms with van der Waals surface area (Å²) in [5, 5.41) is 3.54. The van der Waals surface area contributed by atoms with Gasteiger partial charge in [-0.2, -0.15) is 0 Å². The number of carbonyl (C=O) groups excluding carboxylic acids is 1. The molecule has 0 bridgehead atoms. The van der Waals surface area contributed by atoms with Gasteiger partial charge in [0.1, 0.15) is 5.82 Å². The Bertz CT molecular complexity index is 668. The second-order valence-corrected chi connectivity index (χ2v) is 5.11. The third-order valence-electron chi connectivity index (χ3n) is 2.78. The molecule has 0 unspecified atom stereocenters. The van der Waals surface area contributed by atoms with E-state index in [-0.39, 0.29) is 11.7 Å². The van der Waals surface area contributed by atoms with E-state index >= 15 is 0 Å². The molecule has 0 heterocycles. The molecular weight excluding hydrogens is 312 g/mol. The number of hydrogen-bond acceptors (Lipinski definition) is 1. The Labute approximate surface area is 132 Å². The zero-order valence-corrected chi connectivity index (χ0v) is 12.5. The van der Waals surface area contributed by atoms with Crippen molar-refractivity contribution in [2.24, 2.45) is 0 Å². The van der Waals surface area contributed by atoms with Crippen molar-refractivity contribution in [3.63, 3.8) is 0 Å². The van der Waals surface area contributed by atoms with Crippen LogP contribution >= 0.6 is 23.2 Å². The standard InChI is InChI=1S/C16H12Cl2FNO/c17-14-3-1-2-12(16(14)18)6-9-15(21)20-10-11-4-7-13(19)8-5-11/h1-9H,10H2,(H,20,21)/b9-6+. The first kappa shape index (κ1) is 15.5. The molecule has 1 amide bonds. The molecule has 0 aliphatic rings. The quantitative estimate of drug-likeness (QED) is 0.827. The SMILES string of the molecule is O=C(/C=C/c1cccc(Cl)c1Cl)NCc1ccc(F)cc1. The van der Waals surface area contributed by atoms with Crippen LogP contribution in [0.1, 0.15) is 11.1 Å². The Kier molecular flexibility index (Phi) is 5.37. The largest absolute Gasteiger partial charge is 0.348 e. The fraction of sp³-hybridized carbons (Fsp3) is 0.0625. The molecule has 2 nitrogen and oxygen atoms in total. The third-order valence-corrected chi connectivity index (χ3v) is 3.61. The zero-order chi connectivity index (χ0) is 15.2. The van der Waals surface area contributed by atoms with E-state index < -0.39 is 0 Å². The summed E-state index contributed by atoms with van der Waals surface area (Å²) in [7, 11) is 0. The molecule has 0 saturated heterocycles. The third kappa shape index (κ3) is 4.59. The van der Waals surface area contributed by atoms with E-state index in [1.54, 1.807) is 36.4 Å². The molecule has 2 rings (SSSR count). The van der Waals surface area contributed by atoms with Crippen LogP contribution in [0.15, 0.2) is 48.5 Å². The number of nitrogens with one attached hydrogen (secondary N) is 1. The van der Waals surface area contributed by atoms with Gasteiger partial charge in [0.15, 0.2) is 0 Å². The van der Waals surface area contributed by atoms with Crippen LogP contribution in [0.2, 0.25) is 10.0 Å². The van der Waals surface area contributed by atoms with Crippen molar-refractivity contribution in [2.75, 3.05) is 0 Å². The van der Waals surface area contributed by atoms with Crippen LogP contribution in [0.3, 0.4) is 0 Å². The molecule has 2 aromatic rings. The highest BCUT2D eigenvalue weighted by molar-refractivity contribution is 6.42. The monoisotopic (exact) mass is 323 g/mol. The Morgan fingerprint density at radius 3 is 2.57 bits per heavy atom. The highest BCUT2D eigenvalue weighted by Gasteiger charge is 2.02. The van der Waals surface area contributed by atoms with Crippen LogP contribution in [0.5, 0.6) is 0 Å². The van der Waals surface area contributed by atoms with Gasteiger partial charge in [-0.1, -0.05) is 47.5 Å². The number of rotatable bonds is 4. The van der Waals surface area contributed by atoms with Gasteiger partial charge in [-0.3, -0.25) is 4.79 Å². The summed E-state index contributed by atoms with van der Waals surface area (Å²) in [6.07, 6.45) is 2.97. The fourth-order valence-electron chi connectivity index (χ4n) is 1.67. The first-order chi connectivity index (χ1) is 10.1. The van der Waals surface area contributed by atoms with E-state index in [4.69, 9.17) is 23.2 Å². The van der Waals surface area contributed by atoms with Crippen molar-refractivity contribution >= 4 is 35.2 Å². The highest BCUT2D eigenvalue weighted by Crippen LogP contribution is 2.26. The molecule has 0 radical (unpaired) electrons. The van der Waals surface area contributed by atoms with Crippen molar-refractivity contribution in [3.05, 3.63) is 75.5 Å². The first-order valence-corrected chi connectivity index (χ1v) is 6.96. The Morgan fingerprint density at radius 2 is 1.86 bits per heavy atom. The van der Waals surface area contributed by atoms with Gasteiger partial charge < -0.3 is 5.32 Å². The van der Waals surface area contributed by atoms with E-state index in [9.17, 15) is 9.18 Å². The van der Waals surface area contributed by atoms with Crippen molar-refractivity contribution in [3.8, 4) is 0 Å². The lowest BCUT2D eigenvalue weighted by Crippen LogP contribution is -2.20. The van der Waals surface area contributed by atoms with E-state index in [1.165, 1.54) is 18.2 Å². The van der Waals surface area contributed by atoms with Gasteiger partial charge in [0, 0.05) is 12.6 Å². The molecule has 5 heteroatoms. The molecule has 0 fully saturated rings. The maximum absolute atomic E-state index is 12.7. The molecule has 0 aliphatic heterocycles. The zero-order valence-electron chi connectivity index (χ0n) is 10.9. The fourth-order valence-corrected chi connectivity index (χ4v) is 2.04. The highest BCUT2D eigenvalue weighted by atomic mass is 35.5. The van der Waals surface area contributed by atoms with Gasteiger partial charge >= 0.3 is 0 Å². The summed E-state index contributed by atoms with van der Waals surface area (Å²) in [5.74, 6) is -0.573. The summed E-state index contributed by atoms with van der Waals surface area (Å²) < 4.78 is 12.7. The van der Waals surface area contributed by atoms with Gasteiger partial charge in [0.2, 0.25) is 5.91 Å².